The van der Waals surface area contributed by atoms with Crippen molar-refractivity contribution in [1.29, 1.82) is 0 Å². The smallest absolute Gasteiger partial charge is 0.404 e. The summed E-state index contributed by atoms with van der Waals surface area (Å²) < 4.78 is 5.07. The van der Waals surface area contributed by atoms with Crippen molar-refractivity contribution in [1.82, 2.24) is 4.90 Å². The largest absolute Gasteiger partial charge is 0.445 e. The number of nitrogens with zero attached hydrogens (tertiary/aromatic N) is 1. The predicted octanol–water partition coefficient (Wildman–Crippen LogP) is 2.31. The van der Waals surface area contributed by atoms with E-state index in [1.54, 1.807) is 0 Å². The van der Waals surface area contributed by atoms with Crippen molar-refractivity contribution in [3.05, 3.63) is 35.9 Å². The second-order valence-electron chi connectivity index (χ2n) is 4.68. The quantitative estimate of drug-likeness (QED) is 0.889. The minimum absolute atomic E-state index is 0.0553. The molecule has 1 aliphatic heterocycles. The Labute approximate surface area is 108 Å². The lowest BCUT2D eigenvalue weighted by Crippen LogP contribution is -2.29. The molecule has 2 rings (SSSR count). The Balaban J connectivity index is 2.00. The number of primary amides is 1. The van der Waals surface area contributed by atoms with Crippen molar-refractivity contribution in [2.45, 2.75) is 31.9 Å². The third-order valence-electron chi connectivity index (χ3n) is 3.47. The molecule has 1 aromatic carbocycles. The van der Waals surface area contributed by atoms with Crippen molar-refractivity contribution >= 4 is 6.09 Å². The van der Waals surface area contributed by atoms with E-state index in [1.807, 2.05) is 6.07 Å². The molecule has 0 bridgehead atoms. The van der Waals surface area contributed by atoms with E-state index in [2.05, 4.69) is 36.1 Å². The van der Waals surface area contributed by atoms with Crippen molar-refractivity contribution in [2.24, 2.45) is 5.73 Å². The molecule has 18 heavy (non-hydrogen) atoms. The van der Waals surface area contributed by atoms with Gasteiger partial charge in [-0.05, 0) is 18.4 Å². The molecule has 0 aromatic heterocycles. The van der Waals surface area contributed by atoms with Crippen molar-refractivity contribution < 1.29 is 9.53 Å². The molecule has 98 valence electrons. The van der Waals surface area contributed by atoms with Crippen LogP contribution in [0.1, 0.15) is 31.4 Å². The number of amides is 1. The first kappa shape index (κ1) is 12.9. The number of ether oxygens (including phenoxy) is 1. The Morgan fingerprint density at radius 2 is 2.22 bits per heavy atom. The zero-order valence-electron chi connectivity index (χ0n) is 10.7. The van der Waals surface area contributed by atoms with Crippen LogP contribution in [0.25, 0.3) is 0 Å². The fraction of sp³-hybridized carbons (Fsp3) is 0.500. The van der Waals surface area contributed by atoms with Crippen LogP contribution in [0.2, 0.25) is 0 Å². The number of rotatable bonds is 4. The van der Waals surface area contributed by atoms with Crippen LogP contribution in [0.15, 0.2) is 30.3 Å². The van der Waals surface area contributed by atoms with Crippen LogP contribution in [-0.2, 0) is 4.74 Å². The molecule has 0 aliphatic carbocycles. The highest BCUT2D eigenvalue weighted by molar-refractivity contribution is 5.64. The van der Waals surface area contributed by atoms with E-state index < -0.39 is 6.09 Å². The molecule has 1 fully saturated rings. The Morgan fingerprint density at radius 3 is 2.83 bits per heavy atom. The second-order valence-corrected chi connectivity index (χ2v) is 4.68. The van der Waals surface area contributed by atoms with Gasteiger partial charge in [0.15, 0.2) is 0 Å². The Bertz CT molecular complexity index is 394. The number of benzene rings is 1. The van der Waals surface area contributed by atoms with Crippen LogP contribution in [-0.4, -0.2) is 30.2 Å². The molecule has 1 amide bonds. The molecule has 1 aliphatic rings. The Kier molecular flexibility index (Phi) is 4.20. The highest BCUT2D eigenvalue weighted by Gasteiger charge is 2.29. The summed E-state index contributed by atoms with van der Waals surface area (Å²) in [5.41, 5.74) is 6.38. The monoisotopic (exact) mass is 248 g/mol. The summed E-state index contributed by atoms with van der Waals surface area (Å²) in [6.07, 6.45) is 1.19. The zero-order chi connectivity index (χ0) is 13.0. The maximum Gasteiger partial charge on any atom is 0.404 e. The maximum absolute atomic E-state index is 10.8. The normalized spacial score (nSPS) is 21.7. The van der Waals surface area contributed by atoms with Crippen LogP contribution in [0.4, 0.5) is 4.79 Å². The number of hydrogen-bond donors (Lipinski definition) is 1. The molecule has 1 aromatic rings. The fourth-order valence-corrected chi connectivity index (χ4v) is 2.68. The van der Waals surface area contributed by atoms with Gasteiger partial charge in [-0.15, -0.1) is 0 Å². The van der Waals surface area contributed by atoms with Crippen LogP contribution in [0, 0.1) is 0 Å². The van der Waals surface area contributed by atoms with Crippen molar-refractivity contribution in [3.63, 3.8) is 0 Å². The third kappa shape index (κ3) is 3.01. The van der Waals surface area contributed by atoms with Gasteiger partial charge >= 0.3 is 6.09 Å². The first-order valence-corrected chi connectivity index (χ1v) is 6.45. The predicted molar refractivity (Wildman–Crippen MR) is 70.1 cm³/mol. The van der Waals surface area contributed by atoms with Gasteiger partial charge in [0.1, 0.15) is 6.10 Å². The zero-order valence-corrected chi connectivity index (χ0v) is 10.7. The summed E-state index contributed by atoms with van der Waals surface area (Å²) in [5.74, 6) is 0. The molecule has 2 atom stereocenters. The summed E-state index contributed by atoms with van der Waals surface area (Å²) in [6, 6.07) is 10.8. The molecular weight excluding hydrogens is 228 g/mol. The van der Waals surface area contributed by atoms with Crippen molar-refractivity contribution in [3.8, 4) is 0 Å². The highest BCUT2D eigenvalue weighted by Crippen LogP contribution is 2.28. The van der Waals surface area contributed by atoms with E-state index in [9.17, 15) is 4.79 Å². The maximum atomic E-state index is 10.8. The Hall–Kier alpha value is -1.55. The molecule has 1 heterocycles. The first-order valence-electron chi connectivity index (χ1n) is 6.45. The van der Waals surface area contributed by atoms with Crippen LogP contribution in [0.3, 0.4) is 0 Å². The van der Waals surface area contributed by atoms with E-state index in [1.165, 1.54) is 5.56 Å². The van der Waals surface area contributed by atoms with Gasteiger partial charge in [0, 0.05) is 19.1 Å². The van der Waals surface area contributed by atoms with Gasteiger partial charge in [0.2, 0.25) is 0 Å². The van der Waals surface area contributed by atoms with Gasteiger partial charge in [0.05, 0.1) is 0 Å². The minimum Gasteiger partial charge on any atom is -0.445 e. The van der Waals surface area contributed by atoms with E-state index in [0.29, 0.717) is 6.04 Å². The second kappa shape index (κ2) is 5.87. The fourth-order valence-electron chi connectivity index (χ4n) is 2.68. The van der Waals surface area contributed by atoms with Gasteiger partial charge in [-0.2, -0.15) is 0 Å². The number of carbonyl (C=O) groups is 1. The number of likely N-dealkylation sites (tertiary alicyclic amines) is 1. The van der Waals surface area contributed by atoms with Gasteiger partial charge < -0.3 is 10.5 Å². The highest BCUT2D eigenvalue weighted by atomic mass is 16.6. The van der Waals surface area contributed by atoms with Gasteiger partial charge in [-0.25, -0.2) is 4.79 Å². The molecule has 4 heteroatoms. The van der Waals surface area contributed by atoms with Gasteiger partial charge in [-0.3, -0.25) is 4.90 Å². The lowest BCUT2D eigenvalue weighted by Gasteiger charge is -2.27. The van der Waals surface area contributed by atoms with Gasteiger partial charge in [0.25, 0.3) is 0 Å². The van der Waals surface area contributed by atoms with Gasteiger partial charge in [-0.1, -0.05) is 37.3 Å². The lowest BCUT2D eigenvalue weighted by atomic mass is 10.0. The van der Waals surface area contributed by atoms with Crippen LogP contribution >= 0.6 is 0 Å². The van der Waals surface area contributed by atoms with E-state index in [0.717, 1.165) is 25.9 Å². The van der Waals surface area contributed by atoms with E-state index >= 15 is 0 Å². The third-order valence-corrected chi connectivity index (χ3v) is 3.47. The summed E-state index contributed by atoms with van der Waals surface area (Å²) in [5, 5.41) is 0. The molecule has 0 radical (unpaired) electrons. The topological polar surface area (TPSA) is 55.6 Å². The molecular formula is C14H20N2O2. The molecule has 0 saturated carbocycles. The van der Waals surface area contributed by atoms with Crippen molar-refractivity contribution in [2.75, 3.05) is 13.1 Å². The first-order chi connectivity index (χ1) is 8.70. The molecule has 0 spiro atoms. The lowest BCUT2D eigenvalue weighted by molar-refractivity contribution is 0.104. The molecule has 0 unspecified atom stereocenters. The standard InChI is InChI=1S/C14H20N2O2/c1-2-13(11-6-4-3-5-7-11)16-9-8-12(10-16)18-14(15)17/h3-7,12-13H,2,8-10H2,1H3,(H2,15,17)/t12-,13-/m0/s1. The molecule has 1 saturated heterocycles. The molecule has 4 nitrogen and oxygen atoms in total. The van der Waals surface area contributed by atoms with E-state index in [-0.39, 0.29) is 6.10 Å². The average molecular weight is 248 g/mol. The number of hydrogen-bond acceptors (Lipinski definition) is 3. The minimum atomic E-state index is -0.672. The number of nitrogens with two attached hydrogens (primary N) is 1. The van der Waals surface area contributed by atoms with E-state index in [4.69, 9.17) is 10.5 Å². The van der Waals surface area contributed by atoms with Crippen LogP contribution in [0.5, 0.6) is 0 Å². The average Bonchev–Trinajstić information content (AvgIpc) is 2.79. The SMILES string of the molecule is CC[C@@H](c1ccccc1)N1CC[C@H](OC(N)=O)C1. The number of carbonyl (C=O) groups excluding carboxylic acids is 1. The van der Waals surface area contributed by atoms with Crippen LogP contribution < -0.4 is 5.73 Å². The summed E-state index contributed by atoms with van der Waals surface area (Å²) in [7, 11) is 0. The summed E-state index contributed by atoms with van der Waals surface area (Å²) >= 11 is 0. The molecule has 2 N–H and O–H groups in total. The summed E-state index contributed by atoms with van der Waals surface area (Å²) in [6.45, 7) is 3.90. The Morgan fingerprint density at radius 1 is 1.50 bits per heavy atom. The summed E-state index contributed by atoms with van der Waals surface area (Å²) in [4.78, 5) is 13.1.